The second-order valence-corrected chi connectivity index (χ2v) is 5.03. The van der Waals surface area contributed by atoms with Crippen molar-refractivity contribution >= 4 is 27.8 Å². The minimum absolute atomic E-state index is 0.758. The molecule has 0 aliphatic heterocycles. The Morgan fingerprint density at radius 2 is 0.955 bits per heavy atom. The Bertz CT molecular complexity index is 839. The predicted octanol–water partition coefficient (Wildman–Crippen LogP) is 5.49. The number of carbonyl (C=O) groups is 1. The van der Waals surface area contributed by atoms with E-state index in [1.165, 1.54) is 10.8 Å². The van der Waals surface area contributed by atoms with E-state index in [2.05, 4.69) is 48.5 Å². The highest BCUT2D eigenvalue weighted by atomic mass is 16.1. The lowest BCUT2D eigenvalue weighted by Crippen LogP contribution is -1.81. The zero-order valence-corrected chi connectivity index (χ0v) is 12.1. The minimum Gasteiger partial charge on any atom is -0.298 e. The molecule has 0 unspecified atom stereocenters. The molecule has 0 saturated heterocycles. The largest absolute Gasteiger partial charge is 0.298 e. The van der Waals surface area contributed by atoms with Crippen LogP contribution in [0.1, 0.15) is 10.4 Å². The molecule has 0 spiro atoms. The van der Waals surface area contributed by atoms with Crippen LogP contribution in [-0.4, -0.2) is 6.29 Å². The molecular weight excluding hydrogens is 268 g/mol. The first kappa shape index (κ1) is 14.0. The van der Waals surface area contributed by atoms with Crippen molar-refractivity contribution in [3.63, 3.8) is 0 Å². The first-order chi connectivity index (χ1) is 10.9. The fourth-order valence-electron chi connectivity index (χ4n) is 2.49. The summed E-state index contributed by atoms with van der Waals surface area (Å²) in [4.78, 5) is 10.6. The molecule has 1 heteroatoms. The highest BCUT2D eigenvalue weighted by Gasteiger charge is 1.96. The molecule has 0 amide bonds. The molecule has 106 valence electrons. The van der Waals surface area contributed by atoms with Crippen molar-refractivity contribution < 1.29 is 4.79 Å². The Balaban J connectivity index is 0.000000133. The van der Waals surface area contributed by atoms with Crippen LogP contribution in [0.3, 0.4) is 0 Å². The van der Waals surface area contributed by atoms with E-state index in [4.69, 9.17) is 0 Å². The van der Waals surface area contributed by atoms with Crippen molar-refractivity contribution in [2.75, 3.05) is 0 Å². The van der Waals surface area contributed by atoms with Crippen LogP contribution in [0.2, 0.25) is 0 Å². The maximum Gasteiger partial charge on any atom is 0.150 e. The molecule has 0 N–H and O–H groups in total. The van der Waals surface area contributed by atoms with Gasteiger partial charge in [0.25, 0.3) is 0 Å². The zero-order chi connectivity index (χ0) is 15.2. The van der Waals surface area contributed by atoms with E-state index in [0.29, 0.717) is 0 Å². The van der Waals surface area contributed by atoms with Crippen LogP contribution in [0.5, 0.6) is 0 Å². The second-order valence-electron chi connectivity index (χ2n) is 5.03. The first-order valence-electron chi connectivity index (χ1n) is 7.25. The summed E-state index contributed by atoms with van der Waals surface area (Å²) in [6.45, 7) is 0. The molecule has 4 aromatic carbocycles. The van der Waals surface area contributed by atoms with Crippen LogP contribution in [0, 0.1) is 0 Å². The Kier molecular flexibility index (Phi) is 4.26. The average Bonchev–Trinajstić information content (AvgIpc) is 2.62. The Morgan fingerprint density at radius 3 is 1.50 bits per heavy atom. The summed E-state index contributed by atoms with van der Waals surface area (Å²) in [5.41, 5.74) is 0.758. The van der Waals surface area contributed by atoms with Crippen molar-refractivity contribution in [2.45, 2.75) is 0 Å². The lowest BCUT2D eigenvalue weighted by Gasteiger charge is -1.98. The van der Waals surface area contributed by atoms with Crippen molar-refractivity contribution in [2.24, 2.45) is 0 Å². The van der Waals surface area contributed by atoms with Crippen molar-refractivity contribution in [1.82, 2.24) is 0 Å². The van der Waals surface area contributed by atoms with Crippen LogP contribution in [0.25, 0.3) is 21.5 Å². The third-order valence-corrected chi connectivity index (χ3v) is 3.61. The molecule has 0 fully saturated rings. The number of benzene rings is 4. The average molecular weight is 284 g/mol. The van der Waals surface area contributed by atoms with Gasteiger partial charge in [-0.1, -0.05) is 91.0 Å². The highest BCUT2D eigenvalue weighted by molar-refractivity contribution is 5.97. The standard InChI is InChI=1S/C11H8O.C10H8/c12-8-10-6-3-5-9-4-1-2-7-11(9)10;1-2-6-10-8-4-3-7-9(10)5-1/h1-8H;1-8H. The van der Waals surface area contributed by atoms with Gasteiger partial charge in [0.15, 0.2) is 6.29 Å². The highest BCUT2D eigenvalue weighted by Crippen LogP contribution is 2.16. The van der Waals surface area contributed by atoms with E-state index in [1.807, 2.05) is 42.5 Å². The third-order valence-electron chi connectivity index (χ3n) is 3.61. The summed E-state index contributed by atoms with van der Waals surface area (Å²) in [5, 5.41) is 4.76. The van der Waals surface area contributed by atoms with Gasteiger partial charge in [-0.25, -0.2) is 0 Å². The summed E-state index contributed by atoms with van der Waals surface area (Å²) < 4.78 is 0. The van der Waals surface area contributed by atoms with E-state index < -0.39 is 0 Å². The molecule has 0 heterocycles. The molecule has 0 aromatic heterocycles. The second kappa shape index (κ2) is 6.68. The van der Waals surface area contributed by atoms with Gasteiger partial charge in [-0.05, 0) is 21.5 Å². The Hall–Kier alpha value is -2.93. The van der Waals surface area contributed by atoms with Crippen molar-refractivity contribution in [1.29, 1.82) is 0 Å². The lowest BCUT2D eigenvalue weighted by atomic mass is 10.1. The monoisotopic (exact) mass is 284 g/mol. The number of fused-ring (bicyclic) bond motifs is 2. The normalized spacial score (nSPS) is 10.0. The third kappa shape index (κ3) is 3.04. The SMILES string of the molecule is O=Cc1cccc2ccccc12.c1ccc2ccccc2c1. The predicted molar refractivity (Wildman–Crippen MR) is 93.3 cm³/mol. The van der Waals surface area contributed by atoms with Crippen LogP contribution in [0.4, 0.5) is 0 Å². The molecule has 4 aromatic rings. The fraction of sp³-hybridized carbons (Fsp3) is 0. The van der Waals surface area contributed by atoms with E-state index in [0.717, 1.165) is 22.6 Å². The van der Waals surface area contributed by atoms with Gasteiger partial charge in [-0.2, -0.15) is 0 Å². The number of hydrogen-bond donors (Lipinski definition) is 0. The molecule has 0 aliphatic rings. The molecule has 22 heavy (non-hydrogen) atoms. The van der Waals surface area contributed by atoms with E-state index in [1.54, 1.807) is 0 Å². The van der Waals surface area contributed by atoms with Gasteiger partial charge >= 0.3 is 0 Å². The quantitative estimate of drug-likeness (QED) is 0.422. The maximum absolute atomic E-state index is 10.6. The molecule has 1 nitrogen and oxygen atoms in total. The molecular formula is C21H16O. The molecule has 0 atom stereocenters. The number of rotatable bonds is 1. The summed E-state index contributed by atoms with van der Waals surface area (Å²) in [6, 6.07) is 30.3. The first-order valence-corrected chi connectivity index (χ1v) is 7.25. The number of carbonyl (C=O) groups excluding carboxylic acids is 1. The summed E-state index contributed by atoms with van der Waals surface area (Å²) in [6.07, 6.45) is 0.891. The molecule has 0 radical (unpaired) electrons. The number of aldehydes is 1. The van der Waals surface area contributed by atoms with E-state index in [-0.39, 0.29) is 0 Å². The van der Waals surface area contributed by atoms with Gasteiger partial charge in [0, 0.05) is 5.56 Å². The van der Waals surface area contributed by atoms with Gasteiger partial charge < -0.3 is 0 Å². The van der Waals surface area contributed by atoms with Gasteiger partial charge in [-0.3, -0.25) is 4.79 Å². The molecule has 0 bridgehead atoms. The van der Waals surface area contributed by atoms with E-state index >= 15 is 0 Å². The van der Waals surface area contributed by atoms with Crippen LogP contribution in [0.15, 0.2) is 91.0 Å². The number of hydrogen-bond acceptors (Lipinski definition) is 1. The van der Waals surface area contributed by atoms with Crippen molar-refractivity contribution in [3.8, 4) is 0 Å². The molecule has 4 rings (SSSR count). The summed E-state index contributed by atoms with van der Waals surface area (Å²) in [5.74, 6) is 0. The van der Waals surface area contributed by atoms with Crippen molar-refractivity contribution in [3.05, 3.63) is 96.6 Å². The fourth-order valence-corrected chi connectivity index (χ4v) is 2.49. The zero-order valence-electron chi connectivity index (χ0n) is 12.1. The van der Waals surface area contributed by atoms with Gasteiger partial charge in [0.2, 0.25) is 0 Å². The molecule has 0 aliphatic carbocycles. The Labute approximate surface area is 129 Å². The van der Waals surface area contributed by atoms with Gasteiger partial charge in [-0.15, -0.1) is 0 Å². The van der Waals surface area contributed by atoms with E-state index in [9.17, 15) is 4.79 Å². The summed E-state index contributed by atoms with van der Waals surface area (Å²) in [7, 11) is 0. The van der Waals surface area contributed by atoms with Gasteiger partial charge in [0.1, 0.15) is 0 Å². The van der Waals surface area contributed by atoms with Crippen LogP contribution < -0.4 is 0 Å². The Morgan fingerprint density at radius 1 is 0.500 bits per heavy atom. The minimum atomic E-state index is 0.758. The van der Waals surface area contributed by atoms with Crippen LogP contribution >= 0.6 is 0 Å². The summed E-state index contributed by atoms with van der Waals surface area (Å²) >= 11 is 0. The smallest absolute Gasteiger partial charge is 0.150 e. The van der Waals surface area contributed by atoms with Crippen LogP contribution in [-0.2, 0) is 0 Å². The maximum atomic E-state index is 10.6. The van der Waals surface area contributed by atoms with Gasteiger partial charge in [0.05, 0.1) is 0 Å². The topological polar surface area (TPSA) is 17.1 Å². The lowest BCUT2D eigenvalue weighted by molar-refractivity contribution is 0.112. The molecule has 0 saturated carbocycles.